The standard InChI is InChI=1S/C14H10Cl2FNO2/c15-8-1-4-10(5-2-8)18-13(14(19)20)11-6-3-9(17)7-12(11)16/h1-7,13,18H,(H,19,20). The van der Waals surface area contributed by atoms with E-state index in [2.05, 4.69) is 5.32 Å². The van der Waals surface area contributed by atoms with E-state index in [1.54, 1.807) is 24.3 Å². The van der Waals surface area contributed by atoms with E-state index in [1.165, 1.54) is 12.1 Å². The average molecular weight is 314 g/mol. The van der Waals surface area contributed by atoms with Crippen molar-refractivity contribution in [1.82, 2.24) is 0 Å². The molecule has 2 aromatic rings. The van der Waals surface area contributed by atoms with Gasteiger partial charge in [-0.05, 0) is 36.4 Å². The monoisotopic (exact) mass is 313 g/mol. The lowest BCUT2D eigenvalue weighted by Gasteiger charge is -2.17. The Balaban J connectivity index is 2.31. The van der Waals surface area contributed by atoms with Crippen molar-refractivity contribution in [1.29, 1.82) is 0 Å². The van der Waals surface area contributed by atoms with Gasteiger partial charge in [0, 0.05) is 21.3 Å². The summed E-state index contributed by atoms with van der Waals surface area (Å²) in [6, 6.07) is 9.08. The van der Waals surface area contributed by atoms with Crippen molar-refractivity contribution >= 4 is 34.9 Å². The van der Waals surface area contributed by atoms with Crippen LogP contribution in [0, 0.1) is 5.82 Å². The lowest BCUT2D eigenvalue weighted by atomic mass is 10.1. The predicted molar refractivity (Wildman–Crippen MR) is 76.9 cm³/mol. The van der Waals surface area contributed by atoms with Crippen molar-refractivity contribution in [2.24, 2.45) is 0 Å². The van der Waals surface area contributed by atoms with Crippen LogP contribution >= 0.6 is 23.2 Å². The summed E-state index contributed by atoms with van der Waals surface area (Å²) < 4.78 is 13.0. The van der Waals surface area contributed by atoms with Crippen molar-refractivity contribution in [2.45, 2.75) is 6.04 Å². The molecule has 0 spiro atoms. The number of hydrogen-bond acceptors (Lipinski definition) is 2. The summed E-state index contributed by atoms with van der Waals surface area (Å²) in [5.41, 5.74) is 0.859. The molecule has 0 aliphatic rings. The van der Waals surface area contributed by atoms with Crippen LogP contribution in [0.2, 0.25) is 10.0 Å². The molecular weight excluding hydrogens is 304 g/mol. The molecule has 0 aliphatic carbocycles. The molecule has 0 amide bonds. The molecule has 1 atom stereocenters. The average Bonchev–Trinajstić information content (AvgIpc) is 2.39. The maximum Gasteiger partial charge on any atom is 0.330 e. The highest BCUT2D eigenvalue weighted by molar-refractivity contribution is 6.31. The molecule has 2 N–H and O–H groups in total. The quantitative estimate of drug-likeness (QED) is 0.881. The highest BCUT2D eigenvalue weighted by atomic mass is 35.5. The first-order valence-corrected chi connectivity index (χ1v) is 6.43. The first kappa shape index (κ1) is 14.6. The van der Waals surface area contributed by atoms with Gasteiger partial charge < -0.3 is 10.4 Å². The van der Waals surface area contributed by atoms with Crippen LogP contribution in [0.15, 0.2) is 42.5 Å². The van der Waals surface area contributed by atoms with Gasteiger partial charge in [0.2, 0.25) is 0 Å². The zero-order chi connectivity index (χ0) is 14.7. The van der Waals surface area contributed by atoms with Crippen LogP contribution in [-0.4, -0.2) is 11.1 Å². The van der Waals surface area contributed by atoms with E-state index in [1.807, 2.05) is 0 Å². The Hall–Kier alpha value is -1.78. The van der Waals surface area contributed by atoms with Gasteiger partial charge in [0.05, 0.1) is 0 Å². The van der Waals surface area contributed by atoms with Gasteiger partial charge in [0.25, 0.3) is 0 Å². The van der Waals surface area contributed by atoms with E-state index in [-0.39, 0.29) is 10.6 Å². The van der Waals surface area contributed by atoms with Crippen molar-refractivity contribution in [3.63, 3.8) is 0 Å². The first-order valence-electron chi connectivity index (χ1n) is 5.67. The Morgan fingerprint density at radius 2 is 1.80 bits per heavy atom. The number of rotatable bonds is 4. The van der Waals surface area contributed by atoms with Gasteiger partial charge in [-0.25, -0.2) is 9.18 Å². The first-order chi connectivity index (χ1) is 9.47. The Morgan fingerprint density at radius 1 is 1.15 bits per heavy atom. The third-order valence-electron chi connectivity index (χ3n) is 2.68. The summed E-state index contributed by atoms with van der Waals surface area (Å²) in [5, 5.41) is 12.7. The van der Waals surface area contributed by atoms with Gasteiger partial charge in [-0.3, -0.25) is 0 Å². The van der Waals surface area contributed by atoms with Crippen LogP contribution in [0.5, 0.6) is 0 Å². The van der Waals surface area contributed by atoms with Crippen molar-refractivity contribution in [3.05, 3.63) is 63.9 Å². The van der Waals surface area contributed by atoms with Gasteiger partial charge in [-0.2, -0.15) is 0 Å². The molecule has 0 bridgehead atoms. The van der Waals surface area contributed by atoms with E-state index in [9.17, 15) is 14.3 Å². The number of hydrogen-bond donors (Lipinski definition) is 2. The molecule has 6 heteroatoms. The summed E-state index contributed by atoms with van der Waals surface area (Å²) in [6.45, 7) is 0. The summed E-state index contributed by atoms with van der Waals surface area (Å²) in [6.07, 6.45) is 0. The third kappa shape index (κ3) is 3.40. The maximum atomic E-state index is 13.0. The molecule has 2 aromatic carbocycles. The van der Waals surface area contributed by atoms with Crippen LogP contribution in [0.4, 0.5) is 10.1 Å². The second kappa shape index (κ2) is 6.11. The molecule has 0 aliphatic heterocycles. The molecule has 0 radical (unpaired) electrons. The normalized spacial score (nSPS) is 11.9. The molecule has 3 nitrogen and oxygen atoms in total. The summed E-state index contributed by atoms with van der Waals surface area (Å²) in [5.74, 6) is -1.64. The van der Waals surface area contributed by atoms with Gasteiger partial charge in [0.1, 0.15) is 5.82 Å². The number of carboxylic acid groups (broad SMARTS) is 1. The van der Waals surface area contributed by atoms with Crippen LogP contribution in [0.3, 0.4) is 0 Å². The fourth-order valence-electron chi connectivity index (χ4n) is 1.72. The fraction of sp³-hybridized carbons (Fsp3) is 0.0714. The van der Waals surface area contributed by atoms with Crippen LogP contribution in [-0.2, 0) is 4.79 Å². The van der Waals surface area contributed by atoms with Crippen molar-refractivity contribution < 1.29 is 14.3 Å². The van der Waals surface area contributed by atoms with Gasteiger partial charge in [-0.15, -0.1) is 0 Å². The van der Waals surface area contributed by atoms with E-state index in [0.29, 0.717) is 10.7 Å². The van der Waals surface area contributed by atoms with Gasteiger partial charge >= 0.3 is 5.97 Å². The predicted octanol–water partition coefficient (Wildman–Crippen LogP) is 4.37. The zero-order valence-electron chi connectivity index (χ0n) is 10.1. The van der Waals surface area contributed by atoms with Crippen molar-refractivity contribution in [3.8, 4) is 0 Å². The van der Waals surface area contributed by atoms with E-state index >= 15 is 0 Å². The molecule has 2 rings (SSSR count). The lowest BCUT2D eigenvalue weighted by Crippen LogP contribution is -2.20. The number of halogens is 3. The lowest BCUT2D eigenvalue weighted by molar-refractivity contribution is -0.138. The second-order valence-corrected chi connectivity index (χ2v) is 4.93. The molecule has 20 heavy (non-hydrogen) atoms. The number of anilines is 1. The minimum absolute atomic E-state index is 0.0545. The Labute approximate surface area is 124 Å². The Morgan fingerprint density at radius 3 is 2.35 bits per heavy atom. The molecule has 1 unspecified atom stereocenters. The summed E-state index contributed by atoms with van der Waals surface area (Å²) in [7, 11) is 0. The number of carboxylic acids is 1. The topological polar surface area (TPSA) is 49.3 Å². The molecule has 0 aromatic heterocycles. The highest BCUT2D eigenvalue weighted by Gasteiger charge is 2.22. The second-order valence-electron chi connectivity index (χ2n) is 4.09. The van der Waals surface area contributed by atoms with Gasteiger partial charge in [0.15, 0.2) is 6.04 Å². The van der Waals surface area contributed by atoms with Crippen LogP contribution in [0.25, 0.3) is 0 Å². The zero-order valence-corrected chi connectivity index (χ0v) is 11.6. The van der Waals surface area contributed by atoms with E-state index < -0.39 is 17.8 Å². The highest BCUT2D eigenvalue weighted by Crippen LogP contribution is 2.27. The molecule has 0 fully saturated rings. The molecule has 0 saturated carbocycles. The molecule has 0 saturated heterocycles. The number of benzene rings is 2. The SMILES string of the molecule is O=C(O)C(Nc1ccc(Cl)cc1)c1ccc(F)cc1Cl. The maximum absolute atomic E-state index is 13.0. The Bertz CT molecular complexity index is 632. The fourth-order valence-corrected chi connectivity index (χ4v) is 2.12. The number of nitrogens with one attached hydrogen (secondary N) is 1. The minimum atomic E-state index is -1.12. The van der Waals surface area contributed by atoms with Crippen LogP contribution < -0.4 is 5.32 Å². The smallest absolute Gasteiger partial charge is 0.330 e. The Kier molecular flexibility index (Phi) is 4.47. The minimum Gasteiger partial charge on any atom is -0.479 e. The number of aliphatic carboxylic acids is 1. The van der Waals surface area contributed by atoms with Crippen LogP contribution in [0.1, 0.15) is 11.6 Å². The molecular formula is C14H10Cl2FNO2. The summed E-state index contributed by atoms with van der Waals surface area (Å²) in [4.78, 5) is 11.4. The van der Waals surface area contributed by atoms with Crippen molar-refractivity contribution in [2.75, 3.05) is 5.32 Å². The third-order valence-corrected chi connectivity index (χ3v) is 3.25. The largest absolute Gasteiger partial charge is 0.479 e. The summed E-state index contributed by atoms with van der Waals surface area (Å²) >= 11 is 11.7. The van der Waals surface area contributed by atoms with E-state index in [4.69, 9.17) is 23.2 Å². The molecule has 0 heterocycles. The van der Waals surface area contributed by atoms with Gasteiger partial charge in [-0.1, -0.05) is 29.3 Å². The van der Waals surface area contributed by atoms with E-state index in [0.717, 1.165) is 6.07 Å². The number of carbonyl (C=O) groups is 1. The molecule has 104 valence electrons.